The second-order valence-corrected chi connectivity index (χ2v) is 6.15. The van der Waals surface area contributed by atoms with E-state index in [1.54, 1.807) is 0 Å². The normalized spacial score (nSPS) is 25.5. The molecule has 0 radical (unpaired) electrons. The fraction of sp³-hybridized carbons (Fsp3) is 1.00. The molecule has 1 rings (SSSR count). The van der Waals surface area contributed by atoms with E-state index in [0.717, 1.165) is 13.0 Å². The molecule has 2 unspecified atom stereocenters. The quantitative estimate of drug-likeness (QED) is 0.655. The summed E-state index contributed by atoms with van der Waals surface area (Å²) in [5.74, 6) is 0.613. The molecule has 0 amide bonds. The van der Waals surface area contributed by atoms with Gasteiger partial charge in [-0.3, -0.25) is 5.32 Å². The van der Waals surface area contributed by atoms with Gasteiger partial charge in [-0.05, 0) is 32.7 Å². The zero-order chi connectivity index (χ0) is 12.3. The maximum atomic E-state index is 5.61. The van der Waals surface area contributed by atoms with Crippen LogP contribution >= 0.6 is 0 Å². The lowest BCUT2D eigenvalue weighted by Gasteiger charge is -2.26. The summed E-state index contributed by atoms with van der Waals surface area (Å²) >= 11 is 0. The Morgan fingerprint density at radius 3 is 2.25 bits per heavy atom. The molecule has 0 spiro atoms. The van der Waals surface area contributed by atoms with Crippen molar-refractivity contribution in [3.8, 4) is 0 Å². The molecule has 1 aliphatic heterocycles. The van der Waals surface area contributed by atoms with E-state index in [9.17, 15) is 0 Å². The van der Waals surface area contributed by atoms with Crippen molar-refractivity contribution in [1.29, 1.82) is 0 Å². The summed E-state index contributed by atoms with van der Waals surface area (Å²) in [4.78, 5) is 0. The summed E-state index contributed by atoms with van der Waals surface area (Å²) in [6.45, 7) is 14.3. The van der Waals surface area contributed by atoms with Gasteiger partial charge in [0.15, 0.2) is 0 Å². The number of hydrogen-bond acceptors (Lipinski definition) is 3. The number of epoxide rings is 1. The fourth-order valence-corrected chi connectivity index (χ4v) is 1.88. The molecule has 0 aliphatic carbocycles. The van der Waals surface area contributed by atoms with E-state index in [-0.39, 0.29) is 11.8 Å². The first-order valence-electron chi connectivity index (χ1n) is 6.48. The van der Waals surface area contributed by atoms with E-state index in [4.69, 9.17) is 4.74 Å². The standard InChI is InChI=1S/C13H28N2O/c1-9(2)11-12(16-11)15-13(5,6)7-8-14-10(3)4/h9-12,14-15H,7-8H2,1-6H3. The molecule has 2 N–H and O–H groups in total. The Labute approximate surface area is 100 Å². The number of nitrogens with one attached hydrogen (secondary N) is 2. The molecule has 1 saturated heterocycles. The highest BCUT2D eigenvalue weighted by Crippen LogP contribution is 2.29. The summed E-state index contributed by atoms with van der Waals surface area (Å²) in [7, 11) is 0. The lowest BCUT2D eigenvalue weighted by Crippen LogP contribution is -2.44. The summed E-state index contributed by atoms with van der Waals surface area (Å²) in [5.41, 5.74) is 0.149. The van der Waals surface area contributed by atoms with Gasteiger partial charge >= 0.3 is 0 Å². The molecule has 1 heterocycles. The van der Waals surface area contributed by atoms with E-state index < -0.39 is 0 Å². The van der Waals surface area contributed by atoms with E-state index in [1.807, 2.05) is 0 Å². The molecule has 1 fully saturated rings. The molecule has 3 nitrogen and oxygen atoms in total. The van der Waals surface area contributed by atoms with Crippen LogP contribution in [0.3, 0.4) is 0 Å². The van der Waals surface area contributed by atoms with Crippen LogP contribution in [0.5, 0.6) is 0 Å². The molecule has 16 heavy (non-hydrogen) atoms. The fourth-order valence-electron chi connectivity index (χ4n) is 1.88. The summed E-state index contributed by atoms with van der Waals surface area (Å²) < 4.78 is 5.61. The van der Waals surface area contributed by atoms with E-state index in [1.165, 1.54) is 0 Å². The maximum Gasteiger partial charge on any atom is 0.135 e. The minimum absolute atomic E-state index is 0.149. The van der Waals surface area contributed by atoms with Gasteiger partial charge in [0.2, 0.25) is 0 Å². The molecule has 0 aromatic heterocycles. The Bertz CT molecular complexity index is 214. The molecule has 0 aromatic rings. The first-order chi connectivity index (χ1) is 7.32. The smallest absolute Gasteiger partial charge is 0.135 e. The molecule has 0 bridgehead atoms. The highest BCUT2D eigenvalue weighted by atomic mass is 16.6. The van der Waals surface area contributed by atoms with Gasteiger partial charge in [-0.15, -0.1) is 0 Å². The average Bonchev–Trinajstić information content (AvgIpc) is 2.81. The highest BCUT2D eigenvalue weighted by molar-refractivity contribution is 4.91. The molecule has 3 heteroatoms. The van der Waals surface area contributed by atoms with Crippen LogP contribution in [0.1, 0.15) is 48.0 Å². The molecular formula is C13H28N2O. The van der Waals surface area contributed by atoms with E-state index in [2.05, 4.69) is 52.2 Å². The van der Waals surface area contributed by atoms with Crippen molar-refractivity contribution in [2.45, 2.75) is 71.9 Å². The van der Waals surface area contributed by atoms with Gasteiger partial charge < -0.3 is 10.1 Å². The van der Waals surface area contributed by atoms with Crippen LogP contribution in [0.25, 0.3) is 0 Å². The Kier molecular flexibility index (Phi) is 4.77. The molecular weight excluding hydrogens is 200 g/mol. The van der Waals surface area contributed by atoms with Crippen LogP contribution in [0.2, 0.25) is 0 Å². The first-order valence-corrected chi connectivity index (χ1v) is 6.48. The maximum absolute atomic E-state index is 5.61. The van der Waals surface area contributed by atoms with Crippen molar-refractivity contribution in [1.82, 2.24) is 10.6 Å². The lowest BCUT2D eigenvalue weighted by atomic mass is 9.99. The van der Waals surface area contributed by atoms with Gasteiger partial charge in [-0.1, -0.05) is 27.7 Å². The third kappa shape index (κ3) is 4.81. The van der Waals surface area contributed by atoms with Crippen molar-refractivity contribution < 1.29 is 4.74 Å². The van der Waals surface area contributed by atoms with Crippen LogP contribution in [-0.4, -0.2) is 30.5 Å². The second-order valence-electron chi connectivity index (χ2n) is 6.15. The number of rotatable bonds is 7. The Hall–Kier alpha value is -0.120. The second kappa shape index (κ2) is 5.48. The van der Waals surface area contributed by atoms with Gasteiger partial charge in [0.05, 0.1) is 0 Å². The molecule has 96 valence electrons. The van der Waals surface area contributed by atoms with Gasteiger partial charge in [-0.25, -0.2) is 0 Å². The van der Waals surface area contributed by atoms with Gasteiger partial charge in [0, 0.05) is 11.6 Å². The zero-order valence-corrected chi connectivity index (χ0v) is 11.6. The van der Waals surface area contributed by atoms with E-state index in [0.29, 0.717) is 18.1 Å². The van der Waals surface area contributed by atoms with E-state index >= 15 is 0 Å². The average molecular weight is 228 g/mol. The van der Waals surface area contributed by atoms with Gasteiger partial charge in [-0.2, -0.15) is 0 Å². The Morgan fingerprint density at radius 1 is 1.19 bits per heavy atom. The van der Waals surface area contributed by atoms with Crippen LogP contribution < -0.4 is 10.6 Å². The van der Waals surface area contributed by atoms with Crippen molar-refractivity contribution in [3.63, 3.8) is 0 Å². The summed E-state index contributed by atoms with van der Waals surface area (Å²) in [6, 6.07) is 0.566. The number of ether oxygens (including phenoxy) is 1. The topological polar surface area (TPSA) is 36.6 Å². The SMILES string of the molecule is CC(C)NCCC(C)(C)NC1OC1C(C)C. The van der Waals surface area contributed by atoms with Crippen molar-refractivity contribution >= 4 is 0 Å². The summed E-state index contributed by atoms with van der Waals surface area (Å²) in [6.07, 6.45) is 1.81. The van der Waals surface area contributed by atoms with Gasteiger partial charge in [0.25, 0.3) is 0 Å². The summed E-state index contributed by atoms with van der Waals surface area (Å²) in [5, 5.41) is 7.02. The monoisotopic (exact) mass is 228 g/mol. The molecule has 0 aromatic carbocycles. The third-order valence-corrected chi connectivity index (χ3v) is 3.02. The van der Waals surface area contributed by atoms with Crippen molar-refractivity contribution in [3.05, 3.63) is 0 Å². The number of hydrogen-bond donors (Lipinski definition) is 2. The largest absolute Gasteiger partial charge is 0.353 e. The highest BCUT2D eigenvalue weighted by Gasteiger charge is 2.43. The van der Waals surface area contributed by atoms with Crippen LogP contribution in [0, 0.1) is 5.92 Å². The predicted molar refractivity (Wildman–Crippen MR) is 68.5 cm³/mol. The zero-order valence-electron chi connectivity index (χ0n) is 11.6. The molecule has 1 aliphatic rings. The first kappa shape index (κ1) is 13.9. The minimum Gasteiger partial charge on any atom is -0.353 e. The predicted octanol–water partition coefficient (Wildman–Crippen LogP) is 2.12. The van der Waals surface area contributed by atoms with Crippen molar-refractivity contribution in [2.75, 3.05) is 6.54 Å². The lowest BCUT2D eigenvalue weighted by molar-refractivity contribution is 0.266. The van der Waals surface area contributed by atoms with Crippen LogP contribution in [-0.2, 0) is 4.74 Å². The molecule has 2 atom stereocenters. The van der Waals surface area contributed by atoms with Crippen LogP contribution in [0.15, 0.2) is 0 Å². The van der Waals surface area contributed by atoms with Crippen molar-refractivity contribution in [2.24, 2.45) is 5.92 Å². The minimum atomic E-state index is 0.149. The Morgan fingerprint density at radius 2 is 1.81 bits per heavy atom. The molecule has 0 saturated carbocycles. The van der Waals surface area contributed by atoms with Gasteiger partial charge in [0.1, 0.15) is 12.3 Å². The van der Waals surface area contributed by atoms with Crippen LogP contribution in [0.4, 0.5) is 0 Å². The third-order valence-electron chi connectivity index (χ3n) is 3.02. The Balaban J connectivity index is 2.19.